The maximum atomic E-state index is 6.42. The molecule has 6 bridgehead atoms. The van der Waals surface area contributed by atoms with Gasteiger partial charge < -0.3 is 18.9 Å². The zero-order valence-corrected chi connectivity index (χ0v) is 26.5. The van der Waals surface area contributed by atoms with Crippen molar-refractivity contribution in [2.24, 2.45) is 0 Å². The standard InChI is InChI=1S/C34H40Br2O4/c35-30-24-29-31(36)23-28(30)25-20-26-22-27(21-25)38-17-10-6-2-4-8-12-19-40-33-15-13-14-32(34(29)33)39-18-11-7-3-1-5-9-16-37-26/h13-15,20-24H,1-12,16-19H2. The molecule has 0 amide bonds. The van der Waals surface area contributed by atoms with Gasteiger partial charge in [0.15, 0.2) is 0 Å². The minimum absolute atomic E-state index is 0.699. The van der Waals surface area contributed by atoms with E-state index in [1.165, 1.54) is 51.4 Å². The third-order valence-electron chi connectivity index (χ3n) is 7.64. The minimum Gasteiger partial charge on any atom is -0.493 e. The van der Waals surface area contributed by atoms with Crippen molar-refractivity contribution in [2.45, 2.75) is 77.0 Å². The molecule has 3 aromatic rings. The normalized spacial score (nSPS) is 17.4. The molecule has 7 rings (SSSR count). The van der Waals surface area contributed by atoms with Gasteiger partial charge in [0.25, 0.3) is 0 Å². The Hall–Kier alpha value is -2.18. The van der Waals surface area contributed by atoms with Gasteiger partial charge in [-0.2, -0.15) is 0 Å². The van der Waals surface area contributed by atoms with Gasteiger partial charge in [0.1, 0.15) is 23.0 Å². The SMILES string of the molecule is Brc1cc2c(Br)cc1-c1cc3cc(c1)OCCCCCCCCOc1cccc(c1-2)OCCCCCCCCO3. The van der Waals surface area contributed by atoms with Crippen molar-refractivity contribution >= 4 is 31.9 Å². The van der Waals surface area contributed by atoms with Crippen LogP contribution in [-0.4, -0.2) is 26.4 Å². The number of fused-ring (bicyclic) bond motifs is 18. The largest absolute Gasteiger partial charge is 0.493 e. The topological polar surface area (TPSA) is 36.9 Å². The van der Waals surface area contributed by atoms with Crippen LogP contribution in [0.2, 0.25) is 0 Å². The molecular formula is C34H40Br2O4. The lowest BCUT2D eigenvalue weighted by Crippen LogP contribution is -2.03. The van der Waals surface area contributed by atoms with E-state index in [0.717, 1.165) is 79.9 Å². The highest BCUT2D eigenvalue weighted by molar-refractivity contribution is 9.11. The predicted octanol–water partition coefficient (Wildman–Crippen LogP) is 10.8. The summed E-state index contributed by atoms with van der Waals surface area (Å²) in [6.07, 6.45) is 13.7. The van der Waals surface area contributed by atoms with Gasteiger partial charge in [-0.05, 0) is 73.2 Å². The molecule has 0 saturated heterocycles. The Labute approximate surface area is 256 Å². The third kappa shape index (κ3) is 7.97. The Morgan fingerprint density at radius 2 is 0.875 bits per heavy atom. The first-order valence-electron chi connectivity index (χ1n) is 15.0. The Morgan fingerprint density at radius 3 is 1.40 bits per heavy atom. The molecule has 40 heavy (non-hydrogen) atoms. The van der Waals surface area contributed by atoms with Crippen molar-refractivity contribution in [3.8, 4) is 45.3 Å². The highest BCUT2D eigenvalue weighted by Crippen LogP contribution is 2.46. The fourth-order valence-corrected chi connectivity index (χ4v) is 6.55. The van der Waals surface area contributed by atoms with Gasteiger partial charge in [-0.1, -0.05) is 89.3 Å². The van der Waals surface area contributed by atoms with Crippen molar-refractivity contribution in [3.05, 3.63) is 57.5 Å². The molecule has 6 heteroatoms. The molecular weight excluding hydrogens is 632 g/mol. The van der Waals surface area contributed by atoms with Gasteiger partial charge in [-0.3, -0.25) is 0 Å². The van der Waals surface area contributed by atoms with E-state index < -0.39 is 0 Å². The summed E-state index contributed by atoms with van der Waals surface area (Å²) >= 11 is 7.81. The van der Waals surface area contributed by atoms with Crippen LogP contribution in [0.4, 0.5) is 0 Å². The monoisotopic (exact) mass is 670 g/mol. The number of halogens is 2. The number of hydrogen-bond donors (Lipinski definition) is 0. The maximum Gasteiger partial charge on any atom is 0.130 e. The van der Waals surface area contributed by atoms with E-state index in [-0.39, 0.29) is 0 Å². The van der Waals surface area contributed by atoms with Crippen molar-refractivity contribution in [1.29, 1.82) is 0 Å². The molecule has 0 atom stereocenters. The second kappa shape index (κ2) is 15.2. The maximum absolute atomic E-state index is 6.42. The fraction of sp³-hybridized carbons (Fsp3) is 0.471. The molecule has 0 spiro atoms. The van der Waals surface area contributed by atoms with Crippen molar-refractivity contribution in [1.82, 2.24) is 0 Å². The molecule has 0 N–H and O–H groups in total. The van der Waals surface area contributed by atoms with Crippen LogP contribution in [0.5, 0.6) is 23.0 Å². The molecule has 4 aliphatic heterocycles. The molecule has 0 aliphatic carbocycles. The van der Waals surface area contributed by atoms with Crippen LogP contribution >= 0.6 is 31.9 Å². The van der Waals surface area contributed by atoms with Crippen LogP contribution < -0.4 is 18.9 Å². The smallest absolute Gasteiger partial charge is 0.130 e. The lowest BCUT2D eigenvalue weighted by atomic mass is 9.98. The van der Waals surface area contributed by atoms with Gasteiger partial charge >= 0.3 is 0 Å². The molecule has 0 fully saturated rings. The van der Waals surface area contributed by atoms with E-state index in [1.807, 2.05) is 12.1 Å². The summed E-state index contributed by atoms with van der Waals surface area (Å²) in [5, 5.41) is 0. The average Bonchev–Trinajstić information content (AvgIpc) is 2.95. The van der Waals surface area contributed by atoms with Crippen LogP contribution in [0.1, 0.15) is 77.0 Å². The van der Waals surface area contributed by atoms with Gasteiger partial charge in [0.05, 0.1) is 32.0 Å². The first-order valence-corrected chi connectivity index (χ1v) is 16.6. The Balaban J connectivity index is 1.61. The van der Waals surface area contributed by atoms with Crippen LogP contribution in [0, 0.1) is 0 Å². The predicted molar refractivity (Wildman–Crippen MR) is 170 cm³/mol. The zero-order chi connectivity index (χ0) is 27.6. The lowest BCUT2D eigenvalue weighted by molar-refractivity contribution is 0.284. The second-order valence-corrected chi connectivity index (χ2v) is 12.5. The molecule has 4 aliphatic rings. The first-order chi connectivity index (χ1) is 19.7. The first kappa shape index (κ1) is 29.3. The Bertz CT molecular complexity index is 1200. The van der Waals surface area contributed by atoms with E-state index in [0.29, 0.717) is 26.4 Å². The molecule has 0 aromatic heterocycles. The highest BCUT2D eigenvalue weighted by atomic mass is 79.9. The molecule has 4 heterocycles. The molecule has 214 valence electrons. The van der Waals surface area contributed by atoms with E-state index in [2.05, 4.69) is 68.3 Å². The summed E-state index contributed by atoms with van der Waals surface area (Å²) in [5.41, 5.74) is 4.17. The van der Waals surface area contributed by atoms with Crippen molar-refractivity contribution in [3.63, 3.8) is 0 Å². The van der Waals surface area contributed by atoms with Crippen LogP contribution in [0.25, 0.3) is 22.3 Å². The summed E-state index contributed by atoms with van der Waals surface area (Å²) in [7, 11) is 0. The number of benzene rings is 3. The second-order valence-electron chi connectivity index (χ2n) is 10.8. The quantitative estimate of drug-likeness (QED) is 0.238. The zero-order valence-electron chi connectivity index (χ0n) is 23.3. The lowest BCUT2D eigenvalue weighted by Gasteiger charge is -2.19. The Morgan fingerprint density at radius 1 is 0.450 bits per heavy atom. The summed E-state index contributed by atoms with van der Waals surface area (Å²) < 4.78 is 27.3. The molecule has 4 nitrogen and oxygen atoms in total. The minimum atomic E-state index is 0.699. The number of ether oxygens (including phenoxy) is 4. The van der Waals surface area contributed by atoms with Gasteiger partial charge in [-0.25, -0.2) is 0 Å². The van der Waals surface area contributed by atoms with Crippen LogP contribution in [0.15, 0.2) is 57.5 Å². The summed E-state index contributed by atoms with van der Waals surface area (Å²) in [6.45, 7) is 2.83. The number of rotatable bonds is 0. The molecule has 0 radical (unpaired) electrons. The van der Waals surface area contributed by atoms with Gasteiger partial charge in [-0.15, -0.1) is 0 Å². The van der Waals surface area contributed by atoms with Gasteiger partial charge in [0, 0.05) is 20.6 Å². The molecule has 0 saturated carbocycles. The number of hydrogen-bond acceptors (Lipinski definition) is 4. The van der Waals surface area contributed by atoms with E-state index in [4.69, 9.17) is 18.9 Å². The third-order valence-corrected chi connectivity index (χ3v) is 8.95. The summed E-state index contributed by atoms with van der Waals surface area (Å²) in [5.74, 6) is 3.45. The van der Waals surface area contributed by atoms with Gasteiger partial charge in [0.2, 0.25) is 0 Å². The van der Waals surface area contributed by atoms with Crippen LogP contribution in [-0.2, 0) is 0 Å². The highest BCUT2D eigenvalue weighted by Gasteiger charge is 2.20. The summed E-state index contributed by atoms with van der Waals surface area (Å²) in [4.78, 5) is 0. The summed E-state index contributed by atoms with van der Waals surface area (Å²) in [6, 6.07) is 16.8. The van der Waals surface area contributed by atoms with E-state index in [1.54, 1.807) is 0 Å². The van der Waals surface area contributed by atoms with Crippen LogP contribution in [0.3, 0.4) is 0 Å². The Kier molecular flexibility index (Phi) is 11.1. The van der Waals surface area contributed by atoms with E-state index in [9.17, 15) is 0 Å². The van der Waals surface area contributed by atoms with E-state index >= 15 is 0 Å². The van der Waals surface area contributed by atoms with Crippen molar-refractivity contribution < 1.29 is 18.9 Å². The average molecular weight is 672 g/mol. The van der Waals surface area contributed by atoms with Crippen molar-refractivity contribution in [2.75, 3.05) is 26.4 Å². The molecule has 3 aromatic carbocycles. The molecule has 0 unspecified atom stereocenters. The fourth-order valence-electron chi connectivity index (χ4n) is 5.44.